The Kier molecular flexibility index (Phi) is 5.15. The molecule has 0 unspecified atom stereocenters. The molecule has 1 amide bonds. The molecule has 140 valence electrons. The van der Waals surface area contributed by atoms with Crippen molar-refractivity contribution in [1.29, 1.82) is 0 Å². The van der Waals surface area contributed by atoms with Gasteiger partial charge in [0, 0.05) is 44.4 Å². The minimum atomic E-state index is 0.239. The third kappa shape index (κ3) is 3.45. The van der Waals surface area contributed by atoms with Crippen LogP contribution in [0.25, 0.3) is 11.2 Å². The van der Waals surface area contributed by atoms with Gasteiger partial charge in [0.15, 0.2) is 5.65 Å². The fourth-order valence-corrected chi connectivity index (χ4v) is 4.46. The molecule has 26 heavy (non-hydrogen) atoms. The summed E-state index contributed by atoms with van der Waals surface area (Å²) >= 11 is 0. The van der Waals surface area contributed by atoms with Gasteiger partial charge >= 0.3 is 0 Å². The highest BCUT2D eigenvalue weighted by atomic mass is 16.2. The maximum atomic E-state index is 12.7. The number of aromatic nitrogens is 4. The predicted octanol–water partition coefficient (Wildman–Crippen LogP) is 2.07. The average Bonchev–Trinajstić information content (AvgIpc) is 3.28. The summed E-state index contributed by atoms with van der Waals surface area (Å²) in [6, 6.07) is 0. The van der Waals surface area contributed by atoms with Crippen molar-refractivity contribution < 1.29 is 4.79 Å². The summed E-state index contributed by atoms with van der Waals surface area (Å²) in [5, 5.41) is 4.74. The van der Waals surface area contributed by atoms with Crippen LogP contribution in [-0.4, -0.2) is 50.2 Å². The molecule has 2 N–H and O–H groups in total. The van der Waals surface area contributed by atoms with Gasteiger partial charge in [0.2, 0.25) is 5.91 Å². The van der Waals surface area contributed by atoms with Crippen LogP contribution in [0.5, 0.6) is 0 Å². The van der Waals surface area contributed by atoms with Crippen LogP contribution in [0.1, 0.15) is 56.6 Å². The zero-order chi connectivity index (χ0) is 17.9. The molecule has 2 aromatic rings. The molecule has 0 aromatic carbocycles. The van der Waals surface area contributed by atoms with E-state index in [1.54, 1.807) is 12.4 Å². The second kappa shape index (κ2) is 7.70. The minimum absolute atomic E-state index is 0.239. The first-order valence-corrected chi connectivity index (χ1v) is 9.91. The fraction of sp³-hybridized carbons (Fsp3) is 0.684. The molecular formula is C19H28N6O. The summed E-state index contributed by atoms with van der Waals surface area (Å²) in [7, 11) is 0. The SMILES string of the molecule is NCCn1nc([C@H]2CCN(C(=O)CC3CCCCC3)C2)c2nccnc21. The number of likely N-dealkylation sites (tertiary alicyclic amines) is 1. The zero-order valence-electron chi connectivity index (χ0n) is 15.3. The van der Waals surface area contributed by atoms with E-state index in [2.05, 4.69) is 9.97 Å². The van der Waals surface area contributed by atoms with E-state index in [4.69, 9.17) is 10.8 Å². The van der Waals surface area contributed by atoms with E-state index in [0.29, 0.717) is 24.9 Å². The van der Waals surface area contributed by atoms with Gasteiger partial charge in [-0.25, -0.2) is 14.6 Å². The van der Waals surface area contributed by atoms with Crippen LogP contribution in [-0.2, 0) is 11.3 Å². The molecule has 0 spiro atoms. The highest BCUT2D eigenvalue weighted by Gasteiger charge is 2.32. The van der Waals surface area contributed by atoms with Crippen molar-refractivity contribution in [3.8, 4) is 0 Å². The lowest BCUT2D eigenvalue weighted by atomic mass is 9.87. The van der Waals surface area contributed by atoms with E-state index in [1.807, 2.05) is 9.58 Å². The third-order valence-corrected chi connectivity index (χ3v) is 5.85. The Morgan fingerprint density at radius 1 is 1.15 bits per heavy atom. The maximum absolute atomic E-state index is 12.7. The molecule has 0 bridgehead atoms. The fourth-order valence-electron chi connectivity index (χ4n) is 4.46. The van der Waals surface area contributed by atoms with E-state index >= 15 is 0 Å². The van der Waals surface area contributed by atoms with Crippen LogP contribution in [0.3, 0.4) is 0 Å². The molecule has 2 aromatic heterocycles. The van der Waals surface area contributed by atoms with Gasteiger partial charge in [0.1, 0.15) is 5.52 Å². The van der Waals surface area contributed by atoms with Crippen molar-refractivity contribution in [2.75, 3.05) is 19.6 Å². The van der Waals surface area contributed by atoms with E-state index in [0.717, 1.165) is 42.8 Å². The van der Waals surface area contributed by atoms with Crippen molar-refractivity contribution in [2.45, 2.75) is 57.4 Å². The summed E-state index contributed by atoms with van der Waals surface area (Å²) in [5.41, 5.74) is 8.32. The summed E-state index contributed by atoms with van der Waals surface area (Å²) in [6.07, 6.45) is 11.4. The van der Waals surface area contributed by atoms with Crippen molar-refractivity contribution in [1.82, 2.24) is 24.6 Å². The molecule has 7 nitrogen and oxygen atoms in total. The van der Waals surface area contributed by atoms with Gasteiger partial charge in [0.05, 0.1) is 12.2 Å². The molecule has 2 aliphatic rings. The van der Waals surface area contributed by atoms with E-state index < -0.39 is 0 Å². The number of nitrogens with zero attached hydrogens (tertiary/aromatic N) is 5. The van der Waals surface area contributed by atoms with Crippen LogP contribution in [0.4, 0.5) is 0 Å². The van der Waals surface area contributed by atoms with Gasteiger partial charge in [-0.05, 0) is 25.2 Å². The van der Waals surface area contributed by atoms with Crippen LogP contribution < -0.4 is 5.73 Å². The summed E-state index contributed by atoms with van der Waals surface area (Å²) in [4.78, 5) is 23.7. The second-order valence-corrected chi connectivity index (χ2v) is 7.66. The molecule has 4 rings (SSSR count). The molecule has 1 saturated carbocycles. The smallest absolute Gasteiger partial charge is 0.222 e. The molecule has 1 atom stereocenters. The Morgan fingerprint density at radius 3 is 2.77 bits per heavy atom. The highest BCUT2D eigenvalue weighted by Crippen LogP contribution is 2.32. The van der Waals surface area contributed by atoms with Crippen LogP contribution in [0.2, 0.25) is 0 Å². The molecule has 7 heteroatoms. The third-order valence-electron chi connectivity index (χ3n) is 5.85. The Morgan fingerprint density at radius 2 is 1.96 bits per heavy atom. The first-order valence-electron chi connectivity index (χ1n) is 9.91. The van der Waals surface area contributed by atoms with E-state index in [9.17, 15) is 4.79 Å². The average molecular weight is 356 g/mol. The summed E-state index contributed by atoms with van der Waals surface area (Å²) < 4.78 is 1.85. The number of hydrogen-bond donors (Lipinski definition) is 1. The van der Waals surface area contributed by atoms with Crippen LogP contribution in [0, 0.1) is 5.92 Å². The quantitative estimate of drug-likeness (QED) is 0.886. The highest BCUT2D eigenvalue weighted by molar-refractivity contribution is 5.78. The molecule has 1 aliphatic heterocycles. The number of amides is 1. The lowest BCUT2D eigenvalue weighted by molar-refractivity contribution is -0.131. The lowest BCUT2D eigenvalue weighted by Gasteiger charge is -2.24. The first kappa shape index (κ1) is 17.4. The first-order chi connectivity index (χ1) is 12.8. The molecular weight excluding hydrogens is 328 g/mol. The van der Waals surface area contributed by atoms with Crippen molar-refractivity contribution in [2.24, 2.45) is 11.7 Å². The molecule has 3 heterocycles. The number of carbonyl (C=O) groups is 1. The standard InChI is InChI=1S/C19H28N6O/c20-7-11-25-19-18(21-8-9-22-19)17(23-25)15-6-10-24(13-15)16(26)12-14-4-2-1-3-5-14/h8-9,14-15H,1-7,10-13,20H2/t15-/m0/s1. The zero-order valence-corrected chi connectivity index (χ0v) is 15.3. The van der Waals surface area contributed by atoms with Gasteiger partial charge < -0.3 is 10.6 Å². The largest absolute Gasteiger partial charge is 0.342 e. The Labute approximate surface area is 154 Å². The topological polar surface area (TPSA) is 89.9 Å². The number of nitrogens with two attached hydrogens (primary N) is 1. The van der Waals surface area contributed by atoms with Crippen molar-refractivity contribution in [3.05, 3.63) is 18.1 Å². The number of rotatable bonds is 5. The lowest BCUT2D eigenvalue weighted by Crippen LogP contribution is -2.30. The van der Waals surface area contributed by atoms with Gasteiger partial charge in [0.25, 0.3) is 0 Å². The summed E-state index contributed by atoms with van der Waals surface area (Å²) in [5.74, 6) is 1.14. The minimum Gasteiger partial charge on any atom is -0.342 e. The number of hydrogen-bond acceptors (Lipinski definition) is 5. The van der Waals surface area contributed by atoms with Gasteiger partial charge in [-0.15, -0.1) is 0 Å². The Balaban J connectivity index is 1.46. The van der Waals surface area contributed by atoms with Gasteiger partial charge in [-0.1, -0.05) is 19.3 Å². The molecule has 1 aliphatic carbocycles. The van der Waals surface area contributed by atoms with E-state index in [-0.39, 0.29) is 5.92 Å². The summed E-state index contributed by atoms with van der Waals surface area (Å²) in [6.45, 7) is 2.72. The van der Waals surface area contributed by atoms with Crippen molar-refractivity contribution in [3.63, 3.8) is 0 Å². The molecule has 1 saturated heterocycles. The number of carbonyl (C=O) groups excluding carboxylic acids is 1. The van der Waals surface area contributed by atoms with Gasteiger partial charge in [-0.2, -0.15) is 5.10 Å². The Hall–Kier alpha value is -2.02. The molecule has 0 radical (unpaired) electrons. The maximum Gasteiger partial charge on any atom is 0.222 e. The monoisotopic (exact) mass is 356 g/mol. The second-order valence-electron chi connectivity index (χ2n) is 7.66. The van der Waals surface area contributed by atoms with Crippen LogP contribution in [0.15, 0.2) is 12.4 Å². The van der Waals surface area contributed by atoms with Crippen LogP contribution >= 0.6 is 0 Å². The Bertz CT molecular complexity index is 766. The van der Waals surface area contributed by atoms with Gasteiger partial charge in [-0.3, -0.25) is 4.79 Å². The normalized spacial score (nSPS) is 21.6. The number of fused-ring (bicyclic) bond motifs is 1. The predicted molar refractivity (Wildman–Crippen MR) is 99.5 cm³/mol. The van der Waals surface area contributed by atoms with E-state index in [1.165, 1.54) is 32.1 Å². The molecule has 2 fully saturated rings. The van der Waals surface area contributed by atoms with Crippen molar-refractivity contribution >= 4 is 17.1 Å².